The number of rotatable bonds is 8. The summed E-state index contributed by atoms with van der Waals surface area (Å²) in [4.78, 5) is 0. The number of hydrogen-bond acceptors (Lipinski definition) is 4. The molecule has 0 aliphatic carbocycles. The summed E-state index contributed by atoms with van der Waals surface area (Å²) < 4.78 is 24.6. The van der Waals surface area contributed by atoms with Crippen molar-refractivity contribution >= 4 is 21.8 Å². The predicted molar refractivity (Wildman–Crippen MR) is 79.5 cm³/mol. The lowest BCUT2D eigenvalue weighted by Crippen LogP contribution is -2.42. The zero-order valence-electron chi connectivity index (χ0n) is 11.1. The summed E-state index contributed by atoms with van der Waals surface area (Å²) in [5.74, 6) is 2.53. The topological polar surface area (TPSA) is 49.4 Å². The lowest BCUT2D eigenvalue weighted by atomic mass is 10.00. The Balaban J connectivity index is 2.17. The molecule has 1 aliphatic rings. The van der Waals surface area contributed by atoms with Crippen LogP contribution < -0.4 is 5.32 Å². The van der Waals surface area contributed by atoms with Crippen molar-refractivity contribution in [3.05, 3.63) is 12.7 Å². The van der Waals surface area contributed by atoms with Crippen molar-refractivity contribution in [2.24, 2.45) is 5.92 Å². The maximum absolute atomic E-state index is 11.5. The van der Waals surface area contributed by atoms with E-state index in [2.05, 4.69) is 11.9 Å². The van der Waals surface area contributed by atoms with E-state index >= 15 is 0 Å². The molecule has 0 aromatic heterocycles. The minimum Gasteiger partial charge on any atom is -0.316 e. The Bertz CT molecular complexity index is 344. The number of nitrogens with one attached hydrogen (secondary N) is 1. The number of thioether (sulfide) groups is 1. The van der Waals surface area contributed by atoms with E-state index in [9.17, 15) is 8.42 Å². The van der Waals surface area contributed by atoms with Gasteiger partial charge in [-0.05, 0) is 25.3 Å². The highest BCUT2D eigenvalue weighted by Gasteiger charge is 2.25. The van der Waals surface area contributed by atoms with Gasteiger partial charge < -0.3 is 5.32 Å². The smallest absolute Gasteiger partial charge is 0.211 e. The molecule has 0 aromatic rings. The van der Waals surface area contributed by atoms with Gasteiger partial charge in [0.1, 0.15) is 0 Å². The fourth-order valence-corrected chi connectivity index (χ4v) is 3.68. The van der Waals surface area contributed by atoms with Gasteiger partial charge in [-0.1, -0.05) is 6.08 Å². The van der Waals surface area contributed by atoms with Gasteiger partial charge in [-0.15, -0.1) is 6.58 Å². The van der Waals surface area contributed by atoms with Crippen molar-refractivity contribution < 1.29 is 8.42 Å². The molecule has 1 saturated heterocycles. The van der Waals surface area contributed by atoms with Gasteiger partial charge in [0.2, 0.25) is 10.0 Å². The number of piperidine rings is 1. The fourth-order valence-electron chi connectivity index (χ4n) is 2.11. The zero-order chi connectivity index (χ0) is 13.4. The third kappa shape index (κ3) is 6.22. The van der Waals surface area contributed by atoms with Crippen LogP contribution in [0.1, 0.15) is 12.8 Å². The average molecular weight is 292 g/mol. The molecule has 106 valence electrons. The Morgan fingerprint density at radius 1 is 1.56 bits per heavy atom. The number of nitrogens with zero attached hydrogens (tertiary/aromatic N) is 1. The summed E-state index contributed by atoms with van der Waals surface area (Å²) in [6.45, 7) is 6.93. The Morgan fingerprint density at radius 3 is 3.00 bits per heavy atom. The van der Waals surface area contributed by atoms with E-state index in [1.54, 1.807) is 4.31 Å². The van der Waals surface area contributed by atoms with Crippen LogP contribution in [0.5, 0.6) is 0 Å². The highest BCUT2D eigenvalue weighted by atomic mass is 32.2. The summed E-state index contributed by atoms with van der Waals surface area (Å²) in [5, 5.41) is 3.41. The second kappa shape index (κ2) is 8.19. The molecule has 6 heteroatoms. The summed E-state index contributed by atoms with van der Waals surface area (Å²) in [6, 6.07) is 0. The zero-order valence-corrected chi connectivity index (χ0v) is 12.7. The van der Waals surface area contributed by atoms with Crippen molar-refractivity contribution in [1.82, 2.24) is 9.62 Å². The molecule has 1 heterocycles. The minimum absolute atomic E-state index is 0.456. The molecule has 1 aliphatic heterocycles. The minimum atomic E-state index is -3.01. The van der Waals surface area contributed by atoms with Crippen LogP contribution in [0, 0.1) is 5.92 Å². The lowest BCUT2D eigenvalue weighted by molar-refractivity contribution is 0.262. The third-order valence-corrected chi connectivity index (χ3v) is 5.28. The van der Waals surface area contributed by atoms with Crippen LogP contribution in [0.2, 0.25) is 0 Å². The highest BCUT2D eigenvalue weighted by Crippen LogP contribution is 2.17. The molecule has 18 heavy (non-hydrogen) atoms. The molecule has 1 fully saturated rings. The van der Waals surface area contributed by atoms with Gasteiger partial charge >= 0.3 is 0 Å². The normalized spacial score (nSPS) is 21.9. The van der Waals surface area contributed by atoms with Gasteiger partial charge in [0.15, 0.2) is 0 Å². The first-order valence-corrected chi connectivity index (χ1v) is 9.39. The lowest BCUT2D eigenvalue weighted by Gasteiger charge is -2.31. The van der Waals surface area contributed by atoms with Crippen LogP contribution in [0.25, 0.3) is 0 Å². The monoisotopic (exact) mass is 292 g/mol. The van der Waals surface area contributed by atoms with Crippen LogP contribution in [-0.4, -0.2) is 56.7 Å². The van der Waals surface area contributed by atoms with Gasteiger partial charge in [-0.3, -0.25) is 0 Å². The van der Waals surface area contributed by atoms with Gasteiger partial charge in [0.25, 0.3) is 0 Å². The van der Waals surface area contributed by atoms with Crippen molar-refractivity contribution in [1.29, 1.82) is 0 Å². The van der Waals surface area contributed by atoms with Crippen molar-refractivity contribution in [2.75, 3.05) is 43.9 Å². The van der Waals surface area contributed by atoms with E-state index in [4.69, 9.17) is 0 Å². The maximum Gasteiger partial charge on any atom is 0.211 e. The van der Waals surface area contributed by atoms with Crippen LogP contribution in [0.4, 0.5) is 0 Å². The summed E-state index contributed by atoms with van der Waals surface area (Å²) in [7, 11) is -3.01. The van der Waals surface area contributed by atoms with E-state index in [-0.39, 0.29) is 0 Å². The molecule has 0 spiro atoms. The molecule has 1 atom stereocenters. The molecule has 1 N–H and O–H groups in total. The predicted octanol–water partition coefficient (Wildman–Crippen LogP) is 1.17. The molecule has 1 unspecified atom stereocenters. The summed E-state index contributed by atoms with van der Waals surface area (Å²) >= 11 is 1.86. The van der Waals surface area contributed by atoms with Gasteiger partial charge in [0, 0.05) is 31.1 Å². The van der Waals surface area contributed by atoms with Gasteiger partial charge in [-0.25, -0.2) is 12.7 Å². The van der Waals surface area contributed by atoms with Gasteiger partial charge in [0.05, 0.1) is 6.26 Å². The SMILES string of the molecule is C=CCSCCNCC1CCCN(S(C)(=O)=O)C1. The fraction of sp³-hybridized carbons (Fsp3) is 0.833. The molecule has 1 rings (SSSR count). The first-order valence-electron chi connectivity index (χ1n) is 6.38. The highest BCUT2D eigenvalue weighted by molar-refractivity contribution is 7.99. The van der Waals surface area contributed by atoms with E-state index in [0.717, 1.165) is 37.4 Å². The largest absolute Gasteiger partial charge is 0.316 e. The Labute approximate surface area is 115 Å². The van der Waals surface area contributed by atoms with Crippen LogP contribution in [0.15, 0.2) is 12.7 Å². The molecular weight excluding hydrogens is 268 g/mol. The van der Waals surface area contributed by atoms with Crippen molar-refractivity contribution in [3.63, 3.8) is 0 Å². The quantitative estimate of drug-likeness (QED) is 0.539. The third-order valence-electron chi connectivity index (χ3n) is 3.04. The molecule has 0 saturated carbocycles. The Hall–Kier alpha value is -0.0400. The average Bonchev–Trinajstić information content (AvgIpc) is 2.33. The number of hydrogen-bond donors (Lipinski definition) is 1. The van der Waals surface area contributed by atoms with E-state index < -0.39 is 10.0 Å². The number of sulfonamides is 1. The van der Waals surface area contributed by atoms with E-state index in [0.29, 0.717) is 19.0 Å². The van der Waals surface area contributed by atoms with Crippen LogP contribution >= 0.6 is 11.8 Å². The van der Waals surface area contributed by atoms with Crippen LogP contribution in [-0.2, 0) is 10.0 Å². The van der Waals surface area contributed by atoms with Gasteiger partial charge in [-0.2, -0.15) is 11.8 Å². The molecule has 0 bridgehead atoms. The first kappa shape index (κ1) is 16.0. The van der Waals surface area contributed by atoms with E-state index in [1.807, 2.05) is 17.8 Å². The molecular formula is C12H24N2O2S2. The molecule has 4 nitrogen and oxygen atoms in total. The second-order valence-electron chi connectivity index (χ2n) is 4.70. The standard InChI is InChI=1S/C12H24N2O2S2/c1-3-8-17-9-6-13-10-12-5-4-7-14(11-12)18(2,15)16/h3,12-13H,1,4-11H2,2H3. The Kier molecular flexibility index (Phi) is 7.29. The van der Waals surface area contributed by atoms with Crippen molar-refractivity contribution in [2.45, 2.75) is 12.8 Å². The Morgan fingerprint density at radius 2 is 2.33 bits per heavy atom. The molecule has 0 amide bonds. The first-order chi connectivity index (χ1) is 8.54. The molecule has 0 aromatic carbocycles. The van der Waals surface area contributed by atoms with Crippen LogP contribution in [0.3, 0.4) is 0 Å². The van der Waals surface area contributed by atoms with E-state index in [1.165, 1.54) is 6.26 Å². The maximum atomic E-state index is 11.5. The molecule has 0 radical (unpaired) electrons. The summed E-state index contributed by atoms with van der Waals surface area (Å²) in [5.41, 5.74) is 0. The second-order valence-corrected chi connectivity index (χ2v) is 7.83. The summed E-state index contributed by atoms with van der Waals surface area (Å²) in [6.07, 6.45) is 5.31. The van der Waals surface area contributed by atoms with Crippen molar-refractivity contribution in [3.8, 4) is 0 Å².